The molecule has 0 unspecified atom stereocenters. The van der Waals surface area contributed by atoms with Crippen LogP contribution in [0.25, 0.3) is 33.3 Å². The van der Waals surface area contributed by atoms with Crippen molar-refractivity contribution in [3.05, 3.63) is 93.5 Å². The lowest BCUT2D eigenvalue weighted by Gasteiger charge is -2.18. The van der Waals surface area contributed by atoms with Gasteiger partial charge in [-0.05, 0) is 43.2 Å². The monoisotopic (exact) mass is 526 g/mol. The van der Waals surface area contributed by atoms with Gasteiger partial charge in [-0.1, -0.05) is 12.1 Å². The van der Waals surface area contributed by atoms with E-state index < -0.39 is 28.8 Å². The lowest BCUT2D eigenvalue weighted by molar-refractivity contribution is -0.138. The van der Waals surface area contributed by atoms with E-state index in [4.69, 9.17) is 4.74 Å². The second-order valence-corrected chi connectivity index (χ2v) is 8.74. The van der Waals surface area contributed by atoms with Gasteiger partial charge in [-0.2, -0.15) is 18.3 Å². The van der Waals surface area contributed by atoms with Crippen LogP contribution in [0.4, 0.5) is 22.0 Å². The van der Waals surface area contributed by atoms with Crippen LogP contribution in [0, 0.1) is 25.5 Å². The highest BCUT2D eigenvalue weighted by atomic mass is 19.4. The quantitative estimate of drug-likeness (QED) is 0.265. The molecule has 3 heterocycles. The maximum absolute atomic E-state index is 14.1. The van der Waals surface area contributed by atoms with Crippen LogP contribution in [-0.2, 0) is 13.2 Å². The highest BCUT2D eigenvalue weighted by molar-refractivity contribution is 5.95. The summed E-state index contributed by atoms with van der Waals surface area (Å²) < 4.78 is 76.4. The number of pyridine rings is 2. The molecular weight excluding hydrogens is 507 g/mol. The standard InChI is InChI=1S/C27H19F5N4O2/c1-13-17(27(30,31)32)11-33-26(38-22-8-7-18(28)25(29)14(22)2)23(13)20-9-21(37)24-16(5-4-6-19(24)35-20)15-10-34-36(3)12-15/h4-12H,1-3H3,(H,35,37). The molecule has 11 heteroatoms. The lowest BCUT2D eigenvalue weighted by Crippen LogP contribution is -2.12. The minimum absolute atomic E-state index is 0.0113. The van der Waals surface area contributed by atoms with Crippen LogP contribution >= 0.6 is 0 Å². The predicted molar refractivity (Wildman–Crippen MR) is 131 cm³/mol. The number of nitrogens with zero attached hydrogens (tertiary/aromatic N) is 3. The molecule has 38 heavy (non-hydrogen) atoms. The number of aryl methyl sites for hydroxylation is 1. The molecule has 6 nitrogen and oxygen atoms in total. The van der Waals surface area contributed by atoms with E-state index >= 15 is 0 Å². The van der Waals surface area contributed by atoms with E-state index in [2.05, 4.69) is 15.1 Å². The molecule has 0 aliphatic carbocycles. The number of aromatic amines is 1. The largest absolute Gasteiger partial charge is 0.438 e. The first-order valence-corrected chi connectivity index (χ1v) is 11.3. The Morgan fingerprint density at radius 2 is 1.79 bits per heavy atom. The van der Waals surface area contributed by atoms with Crippen LogP contribution in [0.2, 0.25) is 0 Å². The van der Waals surface area contributed by atoms with Crippen molar-refractivity contribution in [3.63, 3.8) is 0 Å². The van der Waals surface area contributed by atoms with Crippen LogP contribution in [0.1, 0.15) is 16.7 Å². The number of alkyl halides is 3. The third-order valence-corrected chi connectivity index (χ3v) is 6.25. The van der Waals surface area contributed by atoms with E-state index in [1.807, 2.05) is 0 Å². The molecule has 0 atom stereocenters. The number of rotatable bonds is 4. The molecule has 0 bridgehead atoms. The summed E-state index contributed by atoms with van der Waals surface area (Å²) in [4.78, 5) is 20.2. The molecule has 5 rings (SSSR count). The molecule has 1 N–H and O–H groups in total. The number of ether oxygens (including phenoxy) is 1. The number of aromatic nitrogens is 4. The number of halogens is 5. The van der Waals surface area contributed by atoms with Gasteiger partial charge in [-0.15, -0.1) is 0 Å². The average Bonchev–Trinajstić information content (AvgIpc) is 3.29. The Hall–Kier alpha value is -4.54. The van der Waals surface area contributed by atoms with E-state index in [9.17, 15) is 26.7 Å². The minimum atomic E-state index is -4.74. The maximum Gasteiger partial charge on any atom is 0.418 e. The van der Waals surface area contributed by atoms with E-state index in [-0.39, 0.29) is 34.0 Å². The van der Waals surface area contributed by atoms with Crippen molar-refractivity contribution >= 4 is 10.9 Å². The lowest BCUT2D eigenvalue weighted by atomic mass is 9.99. The van der Waals surface area contributed by atoms with Crippen LogP contribution in [0.3, 0.4) is 0 Å². The van der Waals surface area contributed by atoms with E-state index in [0.29, 0.717) is 28.2 Å². The van der Waals surface area contributed by atoms with Crippen molar-refractivity contribution in [3.8, 4) is 34.0 Å². The van der Waals surface area contributed by atoms with Gasteiger partial charge in [-0.3, -0.25) is 9.48 Å². The molecule has 194 valence electrons. The molecule has 5 aromatic rings. The summed E-state index contributed by atoms with van der Waals surface area (Å²) >= 11 is 0. The van der Waals surface area contributed by atoms with Crippen molar-refractivity contribution in [2.24, 2.45) is 7.05 Å². The van der Waals surface area contributed by atoms with Crippen molar-refractivity contribution in [1.29, 1.82) is 0 Å². The van der Waals surface area contributed by atoms with Crippen LogP contribution in [0.15, 0.2) is 59.8 Å². The molecule has 3 aromatic heterocycles. The van der Waals surface area contributed by atoms with Gasteiger partial charge < -0.3 is 9.72 Å². The van der Waals surface area contributed by atoms with Crippen molar-refractivity contribution in [2.45, 2.75) is 20.0 Å². The van der Waals surface area contributed by atoms with Crippen LogP contribution < -0.4 is 10.2 Å². The van der Waals surface area contributed by atoms with Gasteiger partial charge in [-0.25, -0.2) is 13.8 Å². The molecule has 0 aliphatic rings. The normalized spacial score (nSPS) is 11.8. The Balaban J connectivity index is 1.74. The Morgan fingerprint density at radius 1 is 1.03 bits per heavy atom. The Morgan fingerprint density at radius 3 is 2.47 bits per heavy atom. The molecule has 0 fully saturated rings. The Labute approximate surface area is 212 Å². The average molecular weight is 526 g/mol. The van der Waals surface area contributed by atoms with Gasteiger partial charge in [0.05, 0.1) is 33.9 Å². The van der Waals surface area contributed by atoms with Crippen LogP contribution in [-0.4, -0.2) is 19.7 Å². The number of H-pyrrole nitrogens is 1. The van der Waals surface area contributed by atoms with Gasteiger partial charge in [0.1, 0.15) is 5.75 Å². The zero-order valence-electron chi connectivity index (χ0n) is 20.2. The number of benzene rings is 2. The van der Waals surface area contributed by atoms with Crippen molar-refractivity contribution < 1.29 is 26.7 Å². The fourth-order valence-corrected chi connectivity index (χ4v) is 4.35. The first-order chi connectivity index (χ1) is 18.0. The first kappa shape index (κ1) is 25.1. The van der Waals surface area contributed by atoms with Gasteiger partial charge in [0.2, 0.25) is 5.88 Å². The van der Waals surface area contributed by atoms with Gasteiger partial charge in [0, 0.05) is 36.6 Å². The van der Waals surface area contributed by atoms with Gasteiger partial charge in [0.25, 0.3) is 0 Å². The summed E-state index contributed by atoms with van der Waals surface area (Å²) in [5.41, 5.74) is -0.439. The number of fused-ring (bicyclic) bond motifs is 1. The maximum atomic E-state index is 14.1. The SMILES string of the molecule is Cc1c(Oc2ncc(C(F)(F)F)c(C)c2-c2cc(=O)c3c(-c4cnn(C)c4)cccc3[nH]2)ccc(F)c1F. The second-order valence-electron chi connectivity index (χ2n) is 8.74. The molecule has 0 radical (unpaired) electrons. The van der Waals surface area contributed by atoms with Gasteiger partial charge >= 0.3 is 6.18 Å². The van der Waals surface area contributed by atoms with Crippen LogP contribution in [0.5, 0.6) is 11.6 Å². The highest BCUT2D eigenvalue weighted by Crippen LogP contribution is 2.41. The third kappa shape index (κ3) is 4.29. The van der Waals surface area contributed by atoms with Crippen molar-refractivity contribution in [2.75, 3.05) is 0 Å². The summed E-state index contributed by atoms with van der Waals surface area (Å²) in [6.45, 7) is 2.49. The zero-order chi connectivity index (χ0) is 27.4. The van der Waals surface area contributed by atoms with Gasteiger partial charge in [0.15, 0.2) is 17.1 Å². The molecule has 0 amide bonds. The third-order valence-electron chi connectivity index (χ3n) is 6.25. The van der Waals surface area contributed by atoms with E-state index in [0.717, 1.165) is 18.2 Å². The summed E-state index contributed by atoms with van der Waals surface area (Å²) in [5.74, 6) is -2.72. The number of hydrogen-bond donors (Lipinski definition) is 1. The fourth-order valence-electron chi connectivity index (χ4n) is 4.35. The summed E-state index contributed by atoms with van der Waals surface area (Å²) in [6, 6.07) is 8.21. The smallest absolute Gasteiger partial charge is 0.418 e. The zero-order valence-corrected chi connectivity index (χ0v) is 20.2. The minimum Gasteiger partial charge on any atom is -0.438 e. The van der Waals surface area contributed by atoms with E-state index in [1.54, 1.807) is 42.3 Å². The number of nitrogens with one attached hydrogen (secondary N) is 1. The molecule has 0 aliphatic heterocycles. The summed E-state index contributed by atoms with van der Waals surface area (Å²) in [6.07, 6.45) is -0.811. The first-order valence-electron chi connectivity index (χ1n) is 11.3. The molecule has 0 saturated heterocycles. The summed E-state index contributed by atoms with van der Waals surface area (Å²) in [7, 11) is 1.73. The fraction of sp³-hybridized carbons (Fsp3) is 0.148. The molecule has 0 saturated carbocycles. The Bertz CT molecular complexity index is 1770. The highest BCUT2D eigenvalue weighted by Gasteiger charge is 2.35. The molecular formula is C27H19F5N4O2. The topological polar surface area (TPSA) is 72.8 Å². The summed E-state index contributed by atoms with van der Waals surface area (Å²) in [5, 5.41) is 4.45. The molecule has 0 spiro atoms. The predicted octanol–water partition coefficient (Wildman–Crippen LogP) is 6.70. The number of hydrogen-bond acceptors (Lipinski definition) is 4. The van der Waals surface area contributed by atoms with E-state index in [1.165, 1.54) is 13.8 Å². The van der Waals surface area contributed by atoms with Crippen molar-refractivity contribution in [1.82, 2.24) is 19.7 Å². The molecule has 2 aromatic carbocycles. The Kier molecular flexibility index (Phi) is 6.01. The second kappa shape index (κ2) is 9.09.